The molecule has 0 unspecified atom stereocenters. The van der Waals surface area contributed by atoms with Gasteiger partial charge in [-0.15, -0.1) is 0 Å². The van der Waals surface area contributed by atoms with Gasteiger partial charge in [-0.3, -0.25) is 0 Å². The van der Waals surface area contributed by atoms with E-state index in [2.05, 4.69) is 26.5 Å². The smallest absolute Gasteiger partial charge is 0.123 e. The number of hydrogen-bond donors (Lipinski definition) is 0. The van der Waals surface area contributed by atoms with E-state index in [0.29, 0.717) is 5.92 Å². The Kier molecular flexibility index (Phi) is 4.48. The number of benzene rings is 1. The van der Waals surface area contributed by atoms with Crippen molar-refractivity contribution < 1.29 is 4.39 Å². The highest BCUT2D eigenvalue weighted by atomic mass is 19.1. The van der Waals surface area contributed by atoms with E-state index < -0.39 is 0 Å². The van der Waals surface area contributed by atoms with Crippen molar-refractivity contribution >= 4 is 5.57 Å². The van der Waals surface area contributed by atoms with E-state index in [1.807, 2.05) is 6.92 Å². The van der Waals surface area contributed by atoms with Crippen LogP contribution in [-0.4, -0.2) is 0 Å². The first kappa shape index (κ1) is 12.7. The summed E-state index contributed by atoms with van der Waals surface area (Å²) in [5.41, 5.74) is 3.43. The van der Waals surface area contributed by atoms with Gasteiger partial charge in [-0.1, -0.05) is 44.2 Å². The molecule has 0 saturated carbocycles. The average molecular weight is 218 g/mol. The standard InChI is InChI=1S/C15H19F/c1-5-13(11(2)3)10-12(4)14-6-8-15(16)9-7-14/h5-9,11H,4,10H2,1-3H3/b13-5+. The Morgan fingerprint density at radius 2 is 1.88 bits per heavy atom. The molecule has 0 fully saturated rings. The first-order valence-corrected chi connectivity index (χ1v) is 5.63. The van der Waals surface area contributed by atoms with E-state index in [1.54, 1.807) is 12.1 Å². The summed E-state index contributed by atoms with van der Waals surface area (Å²) in [6.45, 7) is 10.5. The van der Waals surface area contributed by atoms with Crippen LogP contribution >= 0.6 is 0 Å². The Balaban J connectivity index is 2.76. The molecule has 1 heteroatoms. The van der Waals surface area contributed by atoms with E-state index in [4.69, 9.17) is 0 Å². The summed E-state index contributed by atoms with van der Waals surface area (Å²) in [4.78, 5) is 0. The van der Waals surface area contributed by atoms with Crippen molar-refractivity contribution in [1.29, 1.82) is 0 Å². The zero-order chi connectivity index (χ0) is 12.1. The van der Waals surface area contributed by atoms with Gasteiger partial charge in [0.15, 0.2) is 0 Å². The number of allylic oxidation sites excluding steroid dienone is 3. The highest BCUT2D eigenvalue weighted by Gasteiger charge is 2.06. The molecule has 0 aliphatic carbocycles. The van der Waals surface area contributed by atoms with Crippen molar-refractivity contribution in [3.05, 3.63) is 53.9 Å². The normalized spacial score (nSPS) is 11.9. The molecule has 0 saturated heterocycles. The Hall–Kier alpha value is -1.37. The Morgan fingerprint density at radius 1 is 1.31 bits per heavy atom. The second-order valence-electron chi connectivity index (χ2n) is 4.31. The Labute approximate surface area is 97.5 Å². The molecule has 16 heavy (non-hydrogen) atoms. The van der Waals surface area contributed by atoms with Crippen molar-refractivity contribution in [3.63, 3.8) is 0 Å². The molecule has 0 aromatic heterocycles. The second kappa shape index (κ2) is 5.64. The highest BCUT2D eigenvalue weighted by molar-refractivity contribution is 5.65. The van der Waals surface area contributed by atoms with Crippen LogP contribution in [-0.2, 0) is 0 Å². The number of rotatable bonds is 4. The summed E-state index contributed by atoms with van der Waals surface area (Å²) in [5.74, 6) is 0.328. The first-order chi connectivity index (χ1) is 7.54. The molecule has 0 heterocycles. The van der Waals surface area contributed by atoms with Crippen molar-refractivity contribution in [3.8, 4) is 0 Å². The van der Waals surface area contributed by atoms with E-state index >= 15 is 0 Å². The van der Waals surface area contributed by atoms with Crippen LogP contribution in [0.3, 0.4) is 0 Å². The SMILES string of the molecule is C=C(C/C(=C\C)C(C)C)c1ccc(F)cc1. The summed E-state index contributed by atoms with van der Waals surface area (Å²) in [7, 11) is 0. The summed E-state index contributed by atoms with van der Waals surface area (Å²) < 4.78 is 12.8. The number of halogens is 1. The van der Waals surface area contributed by atoms with E-state index in [1.165, 1.54) is 17.7 Å². The van der Waals surface area contributed by atoms with Gasteiger partial charge in [0.05, 0.1) is 0 Å². The van der Waals surface area contributed by atoms with Gasteiger partial charge in [0.1, 0.15) is 5.82 Å². The maximum atomic E-state index is 12.8. The van der Waals surface area contributed by atoms with Crippen LogP contribution in [0, 0.1) is 11.7 Å². The molecule has 0 aliphatic heterocycles. The fourth-order valence-corrected chi connectivity index (χ4v) is 1.67. The fraction of sp³-hybridized carbons (Fsp3) is 0.333. The minimum atomic E-state index is -0.202. The maximum Gasteiger partial charge on any atom is 0.123 e. The minimum absolute atomic E-state index is 0.202. The molecule has 1 aromatic carbocycles. The van der Waals surface area contributed by atoms with Crippen LogP contribution in [0.2, 0.25) is 0 Å². The summed E-state index contributed by atoms with van der Waals surface area (Å²) in [6.07, 6.45) is 3.00. The van der Waals surface area contributed by atoms with Gasteiger partial charge in [0, 0.05) is 0 Å². The van der Waals surface area contributed by atoms with Crippen LogP contribution in [0.1, 0.15) is 32.8 Å². The maximum absolute atomic E-state index is 12.8. The zero-order valence-electron chi connectivity index (χ0n) is 10.3. The van der Waals surface area contributed by atoms with E-state index in [-0.39, 0.29) is 5.82 Å². The van der Waals surface area contributed by atoms with Gasteiger partial charge in [-0.25, -0.2) is 4.39 Å². The molecule has 1 aromatic rings. The van der Waals surface area contributed by atoms with Crippen molar-refractivity contribution in [2.45, 2.75) is 27.2 Å². The van der Waals surface area contributed by atoms with Gasteiger partial charge < -0.3 is 0 Å². The predicted molar refractivity (Wildman–Crippen MR) is 68.6 cm³/mol. The Morgan fingerprint density at radius 3 is 2.31 bits per heavy atom. The molecule has 0 amide bonds. The van der Waals surface area contributed by atoms with Gasteiger partial charge in [-0.05, 0) is 42.5 Å². The predicted octanol–water partition coefficient (Wildman–Crippen LogP) is 4.83. The van der Waals surface area contributed by atoms with Gasteiger partial charge in [-0.2, -0.15) is 0 Å². The highest BCUT2D eigenvalue weighted by Crippen LogP contribution is 2.24. The topological polar surface area (TPSA) is 0 Å². The van der Waals surface area contributed by atoms with Crippen molar-refractivity contribution in [2.24, 2.45) is 5.92 Å². The van der Waals surface area contributed by atoms with E-state index in [9.17, 15) is 4.39 Å². The monoisotopic (exact) mass is 218 g/mol. The second-order valence-corrected chi connectivity index (χ2v) is 4.31. The van der Waals surface area contributed by atoms with E-state index in [0.717, 1.165) is 17.6 Å². The molecule has 0 nitrogen and oxygen atoms in total. The van der Waals surface area contributed by atoms with Crippen molar-refractivity contribution in [2.75, 3.05) is 0 Å². The summed E-state index contributed by atoms with van der Waals surface area (Å²) in [6, 6.07) is 6.52. The summed E-state index contributed by atoms with van der Waals surface area (Å²) >= 11 is 0. The van der Waals surface area contributed by atoms with Crippen LogP contribution in [0.15, 0.2) is 42.5 Å². The molecule has 0 aliphatic rings. The lowest BCUT2D eigenvalue weighted by Crippen LogP contribution is -1.95. The third-order valence-electron chi connectivity index (χ3n) is 2.78. The molecular weight excluding hydrogens is 199 g/mol. The van der Waals surface area contributed by atoms with Gasteiger partial charge in [0.25, 0.3) is 0 Å². The van der Waals surface area contributed by atoms with Crippen LogP contribution in [0.25, 0.3) is 5.57 Å². The molecule has 0 atom stereocenters. The molecule has 0 N–H and O–H groups in total. The lowest BCUT2D eigenvalue weighted by molar-refractivity contribution is 0.627. The zero-order valence-corrected chi connectivity index (χ0v) is 10.3. The van der Waals surface area contributed by atoms with Crippen molar-refractivity contribution in [1.82, 2.24) is 0 Å². The Bertz CT molecular complexity index is 382. The third kappa shape index (κ3) is 3.34. The molecule has 0 bridgehead atoms. The van der Waals surface area contributed by atoms with Crippen LogP contribution in [0.4, 0.5) is 4.39 Å². The average Bonchev–Trinajstić information content (AvgIpc) is 2.26. The molecular formula is C15H19F. The quantitative estimate of drug-likeness (QED) is 0.635. The van der Waals surface area contributed by atoms with Gasteiger partial charge >= 0.3 is 0 Å². The lowest BCUT2D eigenvalue weighted by Gasteiger charge is -2.13. The van der Waals surface area contributed by atoms with Crippen LogP contribution < -0.4 is 0 Å². The minimum Gasteiger partial charge on any atom is -0.207 e. The van der Waals surface area contributed by atoms with Gasteiger partial charge in [0.2, 0.25) is 0 Å². The molecule has 0 radical (unpaired) electrons. The summed E-state index contributed by atoms with van der Waals surface area (Å²) in [5, 5.41) is 0. The third-order valence-corrected chi connectivity index (χ3v) is 2.78. The lowest BCUT2D eigenvalue weighted by atomic mass is 9.93. The molecule has 1 rings (SSSR count). The fourth-order valence-electron chi connectivity index (χ4n) is 1.67. The first-order valence-electron chi connectivity index (χ1n) is 5.63. The van der Waals surface area contributed by atoms with Crippen LogP contribution in [0.5, 0.6) is 0 Å². The largest absolute Gasteiger partial charge is 0.207 e. The molecule has 86 valence electrons. The number of hydrogen-bond acceptors (Lipinski definition) is 0. The molecule has 0 spiro atoms.